The lowest BCUT2D eigenvalue weighted by atomic mass is 10.2. The first-order valence-corrected chi connectivity index (χ1v) is 6.54. The van der Waals surface area contributed by atoms with Crippen LogP contribution in [-0.2, 0) is 4.79 Å². The lowest BCUT2D eigenvalue weighted by molar-refractivity contribution is -0.113. The quantitative estimate of drug-likeness (QED) is 0.747. The fourth-order valence-corrected chi connectivity index (χ4v) is 2.32. The topological polar surface area (TPSA) is 35.9 Å². The number of aliphatic imine (C=N–C) groups is 1. The summed E-state index contributed by atoms with van der Waals surface area (Å²) in [4.78, 5) is 18.3. The maximum atomic E-state index is 14.2. The first-order valence-electron chi connectivity index (χ1n) is 6.16. The third-order valence-corrected chi connectivity index (χ3v) is 3.62. The second-order valence-electron chi connectivity index (χ2n) is 4.62. The number of amides is 1. The van der Waals surface area contributed by atoms with Crippen molar-refractivity contribution in [1.82, 2.24) is 4.90 Å². The van der Waals surface area contributed by atoms with E-state index in [-0.39, 0.29) is 23.2 Å². The summed E-state index contributed by atoms with van der Waals surface area (Å²) < 4.78 is 28.0. The van der Waals surface area contributed by atoms with Crippen molar-refractivity contribution in [2.45, 2.75) is 6.92 Å². The smallest absolute Gasteiger partial charge is 0.262 e. The van der Waals surface area contributed by atoms with Gasteiger partial charge >= 0.3 is 0 Å². The molecule has 0 fully saturated rings. The summed E-state index contributed by atoms with van der Waals surface area (Å²) in [5.41, 5.74) is 0.596. The Labute approximate surface area is 124 Å². The zero-order valence-corrected chi connectivity index (χ0v) is 11.7. The summed E-state index contributed by atoms with van der Waals surface area (Å²) in [7, 11) is 0. The van der Waals surface area contributed by atoms with Gasteiger partial charge in [-0.25, -0.2) is 14.3 Å². The van der Waals surface area contributed by atoms with Gasteiger partial charge in [0.15, 0.2) is 0 Å². The highest BCUT2D eigenvalue weighted by Crippen LogP contribution is 2.31. The second-order valence-corrected chi connectivity index (χ2v) is 5.03. The predicted molar refractivity (Wildman–Crippen MR) is 76.1 cm³/mol. The molecule has 7 heteroatoms. The van der Waals surface area contributed by atoms with Crippen LogP contribution < -0.4 is 4.90 Å². The molecule has 0 radical (unpaired) electrons. The van der Waals surface area contributed by atoms with Crippen LogP contribution in [0.2, 0.25) is 5.02 Å². The zero-order chi connectivity index (χ0) is 15.1. The Morgan fingerprint density at radius 1 is 1.33 bits per heavy atom. The van der Waals surface area contributed by atoms with Crippen molar-refractivity contribution in [2.24, 2.45) is 4.99 Å². The molecular weight excluding hydrogens is 300 g/mol. The summed E-state index contributed by atoms with van der Waals surface area (Å²) in [6.07, 6.45) is 3.89. The van der Waals surface area contributed by atoms with Gasteiger partial charge in [-0.3, -0.25) is 9.69 Å². The first-order chi connectivity index (χ1) is 9.99. The number of fused-ring (bicyclic) bond motifs is 1. The van der Waals surface area contributed by atoms with Gasteiger partial charge in [-0.1, -0.05) is 11.6 Å². The van der Waals surface area contributed by atoms with Crippen LogP contribution >= 0.6 is 11.6 Å². The average molecular weight is 310 g/mol. The minimum absolute atomic E-state index is 0.00954. The Bertz CT molecular complexity index is 727. The Hall–Kier alpha value is -2.21. The minimum atomic E-state index is -0.717. The van der Waals surface area contributed by atoms with E-state index in [1.807, 2.05) is 0 Å². The molecule has 0 unspecified atom stereocenters. The normalized spacial score (nSPS) is 17.6. The molecule has 0 N–H and O–H groups in total. The van der Waals surface area contributed by atoms with Gasteiger partial charge in [0.05, 0.1) is 11.8 Å². The van der Waals surface area contributed by atoms with Crippen LogP contribution in [0.3, 0.4) is 0 Å². The largest absolute Gasteiger partial charge is 0.284 e. The Morgan fingerprint density at radius 3 is 2.86 bits per heavy atom. The molecule has 2 aliphatic rings. The predicted octanol–water partition coefficient (Wildman–Crippen LogP) is 3.13. The van der Waals surface area contributed by atoms with Crippen molar-refractivity contribution in [1.29, 1.82) is 0 Å². The van der Waals surface area contributed by atoms with Crippen molar-refractivity contribution in [3.8, 4) is 0 Å². The highest BCUT2D eigenvalue weighted by atomic mass is 35.5. The number of aryl methyl sites for hydroxylation is 1. The number of hydrogen-bond donors (Lipinski definition) is 0. The molecule has 0 saturated carbocycles. The Kier molecular flexibility index (Phi) is 3.25. The van der Waals surface area contributed by atoms with Gasteiger partial charge in [-0.2, -0.15) is 4.39 Å². The number of benzene rings is 1. The summed E-state index contributed by atoms with van der Waals surface area (Å²) in [6, 6.07) is 2.56. The lowest BCUT2D eigenvalue weighted by Crippen LogP contribution is -2.51. The van der Waals surface area contributed by atoms with Gasteiger partial charge in [0.2, 0.25) is 11.9 Å². The highest BCUT2D eigenvalue weighted by molar-refractivity contribution is 6.31. The van der Waals surface area contributed by atoms with Crippen LogP contribution in [0.15, 0.2) is 41.4 Å². The maximum Gasteiger partial charge on any atom is 0.262 e. The zero-order valence-electron chi connectivity index (χ0n) is 11.0. The fourth-order valence-electron chi connectivity index (χ4n) is 2.17. The van der Waals surface area contributed by atoms with Crippen LogP contribution in [0.5, 0.6) is 0 Å². The van der Waals surface area contributed by atoms with E-state index in [9.17, 15) is 13.6 Å². The van der Waals surface area contributed by atoms with E-state index in [2.05, 4.69) is 4.99 Å². The molecule has 1 aromatic carbocycles. The van der Waals surface area contributed by atoms with Crippen LogP contribution in [0.1, 0.15) is 5.56 Å². The Balaban J connectivity index is 2.17. The summed E-state index contributed by atoms with van der Waals surface area (Å²) in [5.74, 6) is -2.06. The minimum Gasteiger partial charge on any atom is -0.284 e. The van der Waals surface area contributed by atoms with Crippen molar-refractivity contribution in [3.05, 3.63) is 52.8 Å². The van der Waals surface area contributed by atoms with Crippen LogP contribution in [0.4, 0.5) is 14.5 Å². The third-order valence-electron chi connectivity index (χ3n) is 3.21. The molecule has 4 nitrogen and oxygen atoms in total. The van der Waals surface area contributed by atoms with Crippen LogP contribution in [0.25, 0.3) is 0 Å². The summed E-state index contributed by atoms with van der Waals surface area (Å²) in [5, 5.41) is 0.254. The second kappa shape index (κ2) is 4.96. The van der Waals surface area contributed by atoms with Gasteiger partial charge in [0.25, 0.3) is 5.91 Å². The number of carbonyl (C=O) groups excluding carboxylic acids is 1. The molecule has 2 aliphatic heterocycles. The van der Waals surface area contributed by atoms with Gasteiger partial charge in [0, 0.05) is 17.8 Å². The monoisotopic (exact) mass is 309 g/mol. The standard InChI is InChI=1S/C14H10ClF2N3O/c1-8-5-11(10(16)6-9(8)15)20-13(21)7-12(17)19-4-2-3-18-14(19)20/h2-3,5-7H,4H2,1H3. The molecule has 0 saturated heterocycles. The summed E-state index contributed by atoms with van der Waals surface area (Å²) >= 11 is 5.85. The van der Waals surface area contributed by atoms with E-state index in [1.54, 1.807) is 13.0 Å². The van der Waals surface area contributed by atoms with Gasteiger partial charge in [-0.05, 0) is 30.7 Å². The maximum absolute atomic E-state index is 14.2. The number of guanidine groups is 1. The van der Waals surface area contributed by atoms with Crippen LogP contribution in [-0.4, -0.2) is 23.3 Å². The lowest BCUT2D eigenvalue weighted by Gasteiger charge is -2.35. The molecule has 108 valence electrons. The molecule has 0 spiro atoms. The fraction of sp³-hybridized carbons (Fsp3) is 0.143. The first kappa shape index (κ1) is 13.8. The number of halogens is 3. The van der Waals surface area contributed by atoms with E-state index in [1.165, 1.54) is 17.2 Å². The molecule has 0 atom stereocenters. The average Bonchev–Trinajstić information content (AvgIpc) is 2.44. The SMILES string of the molecule is Cc1cc(N2C(=O)C=C(F)N3CC=CN=C32)c(F)cc1Cl. The Morgan fingerprint density at radius 2 is 2.10 bits per heavy atom. The van der Waals surface area contributed by atoms with Crippen molar-refractivity contribution < 1.29 is 13.6 Å². The van der Waals surface area contributed by atoms with Crippen molar-refractivity contribution in [3.63, 3.8) is 0 Å². The van der Waals surface area contributed by atoms with Crippen LogP contribution in [0, 0.1) is 12.7 Å². The number of hydrogen-bond acceptors (Lipinski definition) is 3. The van der Waals surface area contributed by atoms with Gasteiger partial charge in [-0.15, -0.1) is 0 Å². The number of nitrogens with zero attached hydrogens (tertiary/aromatic N) is 3. The van der Waals surface area contributed by atoms with Crippen molar-refractivity contribution >= 4 is 29.2 Å². The number of carbonyl (C=O) groups is 1. The molecule has 3 rings (SSSR count). The molecule has 0 aliphatic carbocycles. The molecule has 0 aromatic heterocycles. The number of anilines is 1. The van der Waals surface area contributed by atoms with E-state index in [4.69, 9.17) is 11.6 Å². The number of rotatable bonds is 1. The van der Waals surface area contributed by atoms with E-state index < -0.39 is 17.7 Å². The highest BCUT2D eigenvalue weighted by Gasteiger charge is 2.34. The molecule has 0 bridgehead atoms. The van der Waals surface area contributed by atoms with Gasteiger partial charge < -0.3 is 0 Å². The molecule has 1 amide bonds. The molecular formula is C14H10ClF2N3O. The van der Waals surface area contributed by atoms with E-state index >= 15 is 0 Å². The van der Waals surface area contributed by atoms with Crippen molar-refractivity contribution in [2.75, 3.05) is 11.4 Å². The third kappa shape index (κ3) is 2.21. The molecule has 1 aromatic rings. The summed E-state index contributed by atoms with van der Waals surface area (Å²) in [6.45, 7) is 1.91. The molecule has 2 heterocycles. The van der Waals surface area contributed by atoms with E-state index in [0.717, 1.165) is 17.0 Å². The van der Waals surface area contributed by atoms with E-state index in [0.29, 0.717) is 5.56 Å². The molecule has 21 heavy (non-hydrogen) atoms. The van der Waals surface area contributed by atoms with Gasteiger partial charge in [0.1, 0.15) is 5.82 Å².